The van der Waals surface area contributed by atoms with Gasteiger partial charge >= 0.3 is 12.2 Å². The van der Waals surface area contributed by atoms with E-state index in [0.29, 0.717) is 22.1 Å². The number of benzene rings is 2. The van der Waals surface area contributed by atoms with Crippen LogP contribution in [0, 0.1) is 0 Å². The molecule has 0 fully saturated rings. The van der Waals surface area contributed by atoms with Gasteiger partial charge in [-0.1, -0.05) is 0 Å². The minimum absolute atomic E-state index is 0.101. The van der Waals surface area contributed by atoms with Crippen molar-refractivity contribution >= 4 is 17.4 Å². The molecule has 2 aromatic carbocycles. The van der Waals surface area contributed by atoms with Gasteiger partial charge < -0.3 is 14.8 Å². The zero-order valence-corrected chi connectivity index (χ0v) is 13.6. The van der Waals surface area contributed by atoms with Crippen LogP contribution in [0.5, 0.6) is 11.5 Å². The van der Waals surface area contributed by atoms with Gasteiger partial charge in [0.05, 0.1) is 14.2 Å². The molecular formula is C17H17F3N2O3. The average molecular weight is 354 g/mol. The molecule has 0 saturated carbocycles. The molecule has 2 rings (SSSR count). The normalized spacial score (nSPS) is 10.9. The zero-order chi connectivity index (χ0) is 18.4. The monoisotopic (exact) mass is 354 g/mol. The number of methoxy groups -OCH3 is 2. The van der Waals surface area contributed by atoms with Gasteiger partial charge in [-0.15, -0.1) is 0 Å². The fraction of sp³-hybridized carbons (Fsp3) is 0.235. The highest BCUT2D eigenvalue weighted by molar-refractivity contribution is 6.01. The number of alkyl halides is 3. The Labute approximate surface area is 143 Å². The maximum Gasteiger partial charge on any atom is 0.406 e. The Morgan fingerprint density at radius 1 is 0.960 bits per heavy atom. The number of ether oxygens (including phenoxy) is 2. The van der Waals surface area contributed by atoms with Crippen LogP contribution in [0.3, 0.4) is 0 Å². The smallest absolute Gasteiger partial charge is 0.406 e. The molecule has 0 spiro atoms. The topological polar surface area (TPSA) is 50.8 Å². The summed E-state index contributed by atoms with van der Waals surface area (Å²) < 4.78 is 48.6. The van der Waals surface area contributed by atoms with E-state index in [1.807, 2.05) is 0 Å². The van der Waals surface area contributed by atoms with Crippen LogP contribution < -0.4 is 19.7 Å². The van der Waals surface area contributed by atoms with E-state index in [-0.39, 0.29) is 5.69 Å². The maximum absolute atomic E-state index is 12.9. The largest absolute Gasteiger partial charge is 0.497 e. The van der Waals surface area contributed by atoms with Crippen LogP contribution in [-0.4, -0.2) is 33.0 Å². The lowest BCUT2D eigenvalue weighted by Gasteiger charge is -2.24. The molecule has 5 nitrogen and oxygen atoms in total. The van der Waals surface area contributed by atoms with Crippen molar-refractivity contribution in [3.8, 4) is 11.5 Å². The molecule has 0 radical (unpaired) electrons. The molecule has 0 aromatic heterocycles. The highest BCUT2D eigenvalue weighted by atomic mass is 19.4. The van der Waals surface area contributed by atoms with Gasteiger partial charge in [0.25, 0.3) is 0 Å². The lowest BCUT2D eigenvalue weighted by Crippen LogP contribution is -2.41. The molecule has 0 saturated heterocycles. The Hall–Kier alpha value is -2.90. The van der Waals surface area contributed by atoms with Gasteiger partial charge in [0.1, 0.15) is 18.0 Å². The summed E-state index contributed by atoms with van der Waals surface area (Å²) in [6.45, 7) is -1.42. The second-order valence-electron chi connectivity index (χ2n) is 5.06. The van der Waals surface area contributed by atoms with Crippen molar-refractivity contribution < 1.29 is 27.4 Å². The van der Waals surface area contributed by atoms with E-state index >= 15 is 0 Å². The Kier molecular flexibility index (Phi) is 5.74. The van der Waals surface area contributed by atoms with Gasteiger partial charge in [-0.2, -0.15) is 13.2 Å². The number of nitrogens with zero attached hydrogens (tertiary/aromatic N) is 1. The van der Waals surface area contributed by atoms with Crippen molar-refractivity contribution in [2.24, 2.45) is 0 Å². The number of hydrogen-bond acceptors (Lipinski definition) is 3. The van der Waals surface area contributed by atoms with Crippen molar-refractivity contribution in [2.75, 3.05) is 31.0 Å². The summed E-state index contributed by atoms with van der Waals surface area (Å²) in [6.07, 6.45) is -4.54. The summed E-state index contributed by atoms with van der Waals surface area (Å²) in [4.78, 5) is 13.0. The Balaban J connectivity index is 2.21. The minimum atomic E-state index is -4.54. The van der Waals surface area contributed by atoms with Crippen molar-refractivity contribution in [3.05, 3.63) is 48.5 Å². The van der Waals surface area contributed by atoms with E-state index in [0.717, 1.165) is 0 Å². The summed E-state index contributed by atoms with van der Waals surface area (Å²) in [5.41, 5.74) is 0.454. The highest BCUT2D eigenvalue weighted by Crippen LogP contribution is 2.25. The third-order valence-corrected chi connectivity index (χ3v) is 3.31. The third kappa shape index (κ3) is 5.30. The number of amides is 2. The molecule has 0 bridgehead atoms. The molecule has 0 aliphatic heterocycles. The number of rotatable bonds is 5. The summed E-state index contributed by atoms with van der Waals surface area (Å²) >= 11 is 0. The molecule has 0 heterocycles. The lowest BCUT2D eigenvalue weighted by atomic mass is 10.2. The number of halogens is 3. The van der Waals surface area contributed by atoms with Crippen molar-refractivity contribution in [3.63, 3.8) is 0 Å². The first-order valence-corrected chi connectivity index (χ1v) is 7.26. The number of hydrogen-bond donors (Lipinski definition) is 1. The first-order valence-electron chi connectivity index (χ1n) is 7.26. The molecule has 25 heavy (non-hydrogen) atoms. The number of urea groups is 1. The molecule has 134 valence electrons. The quantitative estimate of drug-likeness (QED) is 0.871. The summed E-state index contributed by atoms with van der Waals surface area (Å²) in [5, 5.41) is 2.44. The van der Waals surface area contributed by atoms with Crippen LogP contribution in [0.1, 0.15) is 0 Å². The van der Waals surface area contributed by atoms with E-state index in [4.69, 9.17) is 9.47 Å². The van der Waals surface area contributed by atoms with Gasteiger partial charge in [0, 0.05) is 11.4 Å². The summed E-state index contributed by atoms with van der Waals surface area (Å²) in [5.74, 6) is 1.05. The SMILES string of the molecule is COc1ccc(NC(=O)N(CC(F)(F)F)c2ccc(OC)cc2)cc1. The van der Waals surface area contributed by atoms with Crippen LogP contribution in [-0.2, 0) is 0 Å². The van der Waals surface area contributed by atoms with E-state index in [1.54, 1.807) is 12.1 Å². The summed E-state index contributed by atoms with van der Waals surface area (Å²) in [7, 11) is 2.93. The molecule has 0 aliphatic carbocycles. The molecule has 1 N–H and O–H groups in total. The van der Waals surface area contributed by atoms with E-state index in [2.05, 4.69) is 5.32 Å². The minimum Gasteiger partial charge on any atom is -0.497 e. The maximum atomic E-state index is 12.9. The molecule has 0 aliphatic rings. The molecule has 0 atom stereocenters. The first kappa shape index (κ1) is 18.4. The Morgan fingerprint density at radius 2 is 1.44 bits per heavy atom. The van der Waals surface area contributed by atoms with Crippen LogP contribution in [0.25, 0.3) is 0 Å². The van der Waals surface area contributed by atoms with Gasteiger partial charge in [-0.3, -0.25) is 4.90 Å². The molecule has 8 heteroatoms. The molecule has 2 amide bonds. The molecular weight excluding hydrogens is 337 g/mol. The second-order valence-corrected chi connectivity index (χ2v) is 5.06. The number of carbonyl (C=O) groups is 1. The van der Waals surface area contributed by atoms with E-state index in [9.17, 15) is 18.0 Å². The fourth-order valence-corrected chi connectivity index (χ4v) is 2.09. The standard InChI is InChI=1S/C17H17F3N2O3/c1-24-14-7-3-12(4-8-14)21-16(23)22(11-17(18,19)20)13-5-9-15(25-2)10-6-13/h3-10H,11H2,1-2H3,(H,21,23). The summed E-state index contributed by atoms with van der Waals surface area (Å²) in [6, 6.07) is 11.1. The Bertz CT molecular complexity index is 701. The van der Waals surface area contributed by atoms with Crippen molar-refractivity contribution in [1.82, 2.24) is 0 Å². The molecule has 0 unspecified atom stereocenters. The van der Waals surface area contributed by atoms with E-state index in [1.165, 1.54) is 50.6 Å². The van der Waals surface area contributed by atoms with Crippen LogP contribution in [0.2, 0.25) is 0 Å². The highest BCUT2D eigenvalue weighted by Gasteiger charge is 2.34. The first-order chi connectivity index (χ1) is 11.8. The number of carbonyl (C=O) groups excluding carboxylic acids is 1. The predicted octanol–water partition coefficient (Wildman–Crippen LogP) is 4.30. The van der Waals surface area contributed by atoms with E-state index < -0.39 is 18.8 Å². The lowest BCUT2D eigenvalue weighted by molar-refractivity contribution is -0.118. The molecule has 2 aromatic rings. The van der Waals surface area contributed by atoms with Crippen molar-refractivity contribution in [2.45, 2.75) is 6.18 Å². The third-order valence-electron chi connectivity index (χ3n) is 3.31. The van der Waals surface area contributed by atoms with Crippen LogP contribution >= 0.6 is 0 Å². The predicted molar refractivity (Wildman–Crippen MR) is 88.4 cm³/mol. The average Bonchev–Trinajstić information content (AvgIpc) is 2.59. The zero-order valence-electron chi connectivity index (χ0n) is 13.6. The second kappa shape index (κ2) is 7.78. The van der Waals surface area contributed by atoms with Gasteiger partial charge in [-0.05, 0) is 48.5 Å². The van der Waals surface area contributed by atoms with Crippen LogP contribution in [0.4, 0.5) is 29.3 Å². The number of anilines is 2. The van der Waals surface area contributed by atoms with Gasteiger partial charge in [0.2, 0.25) is 0 Å². The van der Waals surface area contributed by atoms with Crippen LogP contribution in [0.15, 0.2) is 48.5 Å². The fourth-order valence-electron chi connectivity index (χ4n) is 2.09. The van der Waals surface area contributed by atoms with Crippen molar-refractivity contribution in [1.29, 1.82) is 0 Å². The van der Waals surface area contributed by atoms with Gasteiger partial charge in [0.15, 0.2) is 0 Å². The number of nitrogens with one attached hydrogen (secondary N) is 1. The Morgan fingerprint density at radius 3 is 1.88 bits per heavy atom. The van der Waals surface area contributed by atoms with Gasteiger partial charge in [-0.25, -0.2) is 4.79 Å².